The van der Waals surface area contributed by atoms with Crippen molar-refractivity contribution in [1.29, 1.82) is 0 Å². The second-order valence-corrected chi connectivity index (χ2v) is 5.63. The van der Waals surface area contributed by atoms with Crippen molar-refractivity contribution in [1.82, 2.24) is 4.90 Å². The van der Waals surface area contributed by atoms with Gasteiger partial charge in [0.05, 0.1) is 0 Å². The summed E-state index contributed by atoms with van der Waals surface area (Å²) in [6, 6.07) is 0. The number of hydrogen-bond acceptors (Lipinski definition) is 1. The van der Waals surface area contributed by atoms with E-state index in [1.807, 2.05) is 0 Å². The largest absolute Gasteiger partial charge is 0.299 e. The van der Waals surface area contributed by atoms with Crippen LogP contribution in [0.4, 0.5) is 0 Å². The minimum Gasteiger partial charge on any atom is -0.299 e. The highest BCUT2D eigenvalue weighted by molar-refractivity contribution is 6.19. The molecule has 2 rings (SSSR count). The summed E-state index contributed by atoms with van der Waals surface area (Å²) in [6.45, 7) is 7.52. The van der Waals surface area contributed by atoms with Gasteiger partial charge in [-0.05, 0) is 49.8 Å². The average molecular weight is 228 g/mol. The number of alkyl halides is 1. The highest BCUT2D eigenvalue weighted by Gasteiger charge is 2.36. The molecule has 0 unspecified atom stereocenters. The first-order chi connectivity index (χ1) is 7.24. The lowest BCUT2D eigenvalue weighted by Crippen LogP contribution is -2.39. The quantitative estimate of drug-likeness (QED) is 0.528. The van der Waals surface area contributed by atoms with Crippen LogP contribution in [0.3, 0.4) is 0 Å². The second-order valence-electron chi connectivity index (χ2n) is 5.37. The third kappa shape index (κ3) is 2.76. The van der Waals surface area contributed by atoms with Gasteiger partial charge in [-0.25, -0.2) is 0 Å². The Morgan fingerprint density at radius 3 is 2.27 bits per heavy atom. The van der Waals surface area contributed by atoms with Gasteiger partial charge in [0.2, 0.25) is 0 Å². The number of nitrogens with zero attached hydrogens (tertiary/aromatic N) is 1. The fourth-order valence-corrected chi connectivity index (χ4v) is 3.25. The highest BCUT2D eigenvalue weighted by atomic mass is 35.5. The molecular weight excluding hydrogens is 206 g/mol. The van der Waals surface area contributed by atoms with Crippen LogP contribution in [0, 0.1) is 5.41 Å². The third-order valence-electron chi connectivity index (χ3n) is 4.22. The number of likely N-dealkylation sites (tertiary alicyclic amines) is 1. The lowest BCUT2D eigenvalue weighted by atomic mass is 9.77. The zero-order valence-electron chi connectivity index (χ0n) is 9.60. The van der Waals surface area contributed by atoms with Crippen LogP contribution in [0.5, 0.6) is 0 Å². The van der Waals surface area contributed by atoms with E-state index in [1.54, 1.807) is 0 Å². The van der Waals surface area contributed by atoms with Gasteiger partial charge in [-0.15, -0.1) is 11.6 Å². The van der Waals surface area contributed by atoms with Crippen LogP contribution in [0.25, 0.3) is 0 Å². The van der Waals surface area contributed by atoms with Crippen molar-refractivity contribution in [3.8, 4) is 0 Å². The van der Waals surface area contributed by atoms with Crippen molar-refractivity contribution in [3.63, 3.8) is 0 Å². The first-order valence-electron chi connectivity index (χ1n) is 6.19. The average Bonchev–Trinajstić information content (AvgIpc) is 2.70. The van der Waals surface area contributed by atoms with Crippen LogP contribution >= 0.6 is 11.6 Å². The maximum absolute atomic E-state index is 5.77. The van der Waals surface area contributed by atoms with Gasteiger partial charge in [0.1, 0.15) is 0 Å². The van der Waals surface area contributed by atoms with Crippen LogP contribution in [0.2, 0.25) is 0 Å². The number of hydrogen-bond donors (Lipinski definition) is 0. The minimum absolute atomic E-state index is 0.613. The predicted octanol–water partition coefficient (Wildman–Crippen LogP) is 3.44. The van der Waals surface area contributed by atoms with Crippen LogP contribution in [0.1, 0.15) is 38.5 Å². The van der Waals surface area contributed by atoms with Gasteiger partial charge in [0, 0.05) is 12.4 Å². The van der Waals surface area contributed by atoms with Crippen molar-refractivity contribution >= 4 is 11.6 Å². The third-order valence-corrected chi connectivity index (χ3v) is 4.60. The molecule has 1 spiro atoms. The van der Waals surface area contributed by atoms with E-state index in [2.05, 4.69) is 11.5 Å². The Hall–Kier alpha value is -0.0100. The van der Waals surface area contributed by atoms with E-state index in [1.165, 1.54) is 57.2 Å². The molecule has 2 aliphatic rings. The van der Waals surface area contributed by atoms with Crippen LogP contribution in [0.15, 0.2) is 12.2 Å². The van der Waals surface area contributed by atoms with Gasteiger partial charge in [0.15, 0.2) is 0 Å². The highest BCUT2D eigenvalue weighted by Crippen LogP contribution is 2.46. The summed E-state index contributed by atoms with van der Waals surface area (Å²) in [5, 5.41) is 0. The molecule has 2 heteroatoms. The smallest absolute Gasteiger partial charge is 0.0443 e. The Labute approximate surface area is 98.5 Å². The topological polar surface area (TPSA) is 3.24 Å². The van der Waals surface area contributed by atoms with Gasteiger partial charge in [-0.2, -0.15) is 0 Å². The molecule has 86 valence electrons. The Bertz CT molecular complexity index is 221. The van der Waals surface area contributed by atoms with Gasteiger partial charge in [0.25, 0.3) is 0 Å². The molecule has 1 saturated heterocycles. The molecule has 2 fully saturated rings. The van der Waals surface area contributed by atoms with Crippen molar-refractivity contribution in [2.45, 2.75) is 38.5 Å². The fourth-order valence-electron chi connectivity index (χ4n) is 3.17. The number of halogens is 1. The van der Waals surface area contributed by atoms with Crippen molar-refractivity contribution in [2.24, 2.45) is 5.41 Å². The molecule has 1 aliphatic heterocycles. The van der Waals surface area contributed by atoms with Crippen molar-refractivity contribution in [2.75, 3.05) is 25.5 Å². The summed E-state index contributed by atoms with van der Waals surface area (Å²) in [4.78, 5) is 2.52. The Kier molecular flexibility index (Phi) is 3.73. The second kappa shape index (κ2) is 4.88. The molecule has 0 bridgehead atoms. The van der Waals surface area contributed by atoms with E-state index in [0.29, 0.717) is 5.88 Å². The van der Waals surface area contributed by atoms with Crippen molar-refractivity contribution in [3.05, 3.63) is 12.2 Å². The summed E-state index contributed by atoms with van der Waals surface area (Å²) in [6.07, 6.45) is 8.71. The normalized spacial score (nSPS) is 25.9. The number of piperidine rings is 1. The molecular formula is C13H22ClN. The molecule has 0 amide bonds. The zero-order valence-corrected chi connectivity index (χ0v) is 10.4. The Balaban J connectivity index is 1.79. The van der Waals surface area contributed by atoms with Crippen LogP contribution in [-0.2, 0) is 0 Å². The molecule has 1 aliphatic carbocycles. The summed E-state index contributed by atoms with van der Waals surface area (Å²) in [7, 11) is 0. The molecule has 1 nitrogen and oxygen atoms in total. The van der Waals surface area contributed by atoms with E-state index >= 15 is 0 Å². The standard InChI is InChI=1S/C13H22ClN/c1-12(10-14)11-15-8-6-13(7-9-15)4-2-3-5-13/h1-11H2. The molecule has 0 radical (unpaired) electrons. The summed E-state index contributed by atoms with van der Waals surface area (Å²) in [5.74, 6) is 0.613. The lowest BCUT2D eigenvalue weighted by Gasteiger charge is -2.39. The minimum atomic E-state index is 0.613. The van der Waals surface area contributed by atoms with Gasteiger partial charge in [-0.1, -0.05) is 19.4 Å². The van der Waals surface area contributed by atoms with Gasteiger partial charge >= 0.3 is 0 Å². The van der Waals surface area contributed by atoms with E-state index in [0.717, 1.165) is 12.0 Å². The van der Waals surface area contributed by atoms with Crippen LogP contribution in [-0.4, -0.2) is 30.4 Å². The summed E-state index contributed by atoms with van der Waals surface area (Å²) >= 11 is 5.77. The van der Waals surface area contributed by atoms with Gasteiger partial charge < -0.3 is 0 Å². The molecule has 1 heterocycles. The molecule has 15 heavy (non-hydrogen) atoms. The van der Waals surface area contributed by atoms with E-state index < -0.39 is 0 Å². The fraction of sp³-hybridized carbons (Fsp3) is 0.846. The first-order valence-corrected chi connectivity index (χ1v) is 6.73. The number of rotatable bonds is 3. The maximum atomic E-state index is 5.77. The monoisotopic (exact) mass is 227 g/mol. The molecule has 0 N–H and O–H groups in total. The first kappa shape index (κ1) is 11.5. The predicted molar refractivity (Wildman–Crippen MR) is 66.4 cm³/mol. The molecule has 0 atom stereocenters. The van der Waals surface area contributed by atoms with Crippen LogP contribution < -0.4 is 0 Å². The van der Waals surface area contributed by atoms with Gasteiger partial charge in [-0.3, -0.25) is 4.90 Å². The molecule has 0 aromatic heterocycles. The summed E-state index contributed by atoms with van der Waals surface area (Å²) < 4.78 is 0. The summed E-state index contributed by atoms with van der Waals surface area (Å²) in [5.41, 5.74) is 1.90. The van der Waals surface area contributed by atoms with E-state index in [4.69, 9.17) is 11.6 Å². The Morgan fingerprint density at radius 2 is 1.73 bits per heavy atom. The van der Waals surface area contributed by atoms with E-state index in [-0.39, 0.29) is 0 Å². The van der Waals surface area contributed by atoms with E-state index in [9.17, 15) is 0 Å². The Morgan fingerprint density at radius 1 is 1.13 bits per heavy atom. The molecule has 0 aromatic carbocycles. The van der Waals surface area contributed by atoms with Crippen molar-refractivity contribution < 1.29 is 0 Å². The zero-order chi connectivity index (χ0) is 10.7. The maximum Gasteiger partial charge on any atom is 0.0443 e. The SMILES string of the molecule is C=C(CCl)CN1CCC2(CCCC2)CC1. The molecule has 0 aromatic rings. The lowest BCUT2D eigenvalue weighted by molar-refractivity contribution is 0.116. The molecule has 1 saturated carbocycles.